The molecule has 6 heteroatoms. The molecule has 1 saturated carbocycles. The summed E-state index contributed by atoms with van der Waals surface area (Å²) < 4.78 is 6.04. The minimum Gasteiger partial charge on any atom is -0.504 e. The number of carbonyl (C=O) groups is 1. The minimum absolute atomic E-state index is 0.139. The third kappa shape index (κ3) is 2.32. The Kier molecular flexibility index (Phi) is 4.25. The van der Waals surface area contributed by atoms with Gasteiger partial charge in [-0.1, -0.05) is 6.07 Å². The Morgan fingerprint density at radius 3 is 2.85 bits per heavy atom. The normalized spacial score (nSPS) is 35.1. The van der Waals surface area contributed by atoms with E-state index in [-0.39, 0.29) is 29.7 Å². The molecule has 4 aliphatic rings. The van der Waals surface area contributed by atoms with Crippen molar-refractivity contribution in [2.45, 2.75) is 56.3 Å². The SMILES string of the molecule is CC(O)CO.CN1CC[C@]23c4c5ccc(O)c4O[C@H]2C(=O)CC[C@H]3[C@H]1C5. The quantitative estimate of drug-likeness (QED) is 0.691. The molecule has 3 N–H and O–H groups in total. The van der Waals surface area contributed by atoms with Crippen molar-refractivity contribution >= 4 is 5.78 Å². The molecule has 142 valence electrons. The van der Waals surface area contributed by atoms with Crippen LogP contribution in [0.5, 0.6) is 11.5 Å². The van der Waals surface area contributed by atoms with Gasteiger partial charge in [-0.3, -0.25) is 4.79 Å². The fourth-order valence-corrected chi connectivity index (χ4v) is 5.52. The van der Waals surface area contributed by atoms with Crippen LogP contribution in [-0.4, -0.2) is 64.5 Å². The van der Waals surface area contributed by atoms with Crippen molar-refractivity contribution in [1.29, 1.82) is 0 Å². The molecule has 0 aromatic heterocycles. The van der Waals surface area contributed by atoms with E-state index in [0.29, 0.717) is 24.1 Å². The van der Waals surface area contributed by atoms with Crippen molar-refractivity contribution in [3.8, 4) is 11.5 Å². The standard InChI is InChI=1S/C17H19NO3.C3H8O2/c1-18-7-6-17-10-3-5-13(20)16(17)21-15-12(19)4-2-9(14(15)17)8-11(10)18;1-3(5)2-4/h2,4,10-11,16,19H,3,5-8H2,1H3;3-5H,2H2,1H3/t10-,11+,16-,17-;/m0./s1. The van der Waals surface area contributed by atoms with Gasteiger partial charge in [0.2, 0.25) is 0 Å². The number of rotatable bonds is 1. The number of Topliss-reactive ketones (excluding diaryl/α,β-unsaturated/α-hetero) is 1. The number of aromatic hydroxyl groups is 1. The summed E-state index contributed by atoms with van der Waals surface area (Å²) in [7, 11) is 2.20. The van der Waals surface area contributed by atoms with E-state index in [1.807, 2.05) is 6.07 Å². The lowest BCUT2D eigenvalue weighted by molar-refractivity contribution is -0.138. The number of hydrogen-bond donors (Lipinski definition) is 3. The number of hydrogen-bond acceptors (Lipinski definition) is 6. The van der Waals surface area contributed by atoms with Crippen LogP contribution in [0.1, 0.15) is 37.3 Å². The largest absolute Gasteiger partial charge is 0.504 e. The maximum absolute atomic E-state index is 12.5. The summed E-state index contributed by atoms with van der Waals surface area (Å²) in [6.45, 7) is 2.39. The van der Waals surface area contributed by atoms with Crippen LogP contribution in [0.2, 0.25) is 0 Å². The molecule has 2 aliphatic heterocycles. The molecule has 26 heavy (non-hydrogen) atoms. The topological polar surface area (TPSA) is 90.2 Å². The first kappa shape index (κ1) is 17.8. The first-order chi connectivity index (χ1) is 12.4. The van der Waals surface area contributed by atoms with Crippen molar-refractivity contribution in [3.05, 3.63) is 23.3 Å². The molecule has 1 aromatic carbocycles. The molecule has 1 unspecified atom stereocenters. The zero-order valence-electron chi connectivity index (χ0n) is 15.3. The number of phenolic OH excluding ortho intramolecular Hbond substituents is 1. The highest BCUT2D eigenvalue weighted by Gasteiger charge is 2.65. The number of piperidine rings is 1. The molecule has 2 aliphatic carbocycles. The Balaban J connectivity index is 0.000000301. The highest BCUT2D eigenvalue weighted by atomic mass is 16.5. The molecule has 0 radical (unpaired) electrons. The summed E-state index contributed by atoms with van der Waals surface area (Å²) in [4.78, 5) is 14.9. The zero-order chi connectivity index (χ0) is 18.6. The van der Waals surface area contributed by atoms with Gasteiger partial charge in [-0.2, -0.15) is 0 Å². The lowest BCUT2D eigenvalue weighted by Gasteiger charge is -2.57. The van der Waals surface area contributed by atoms with Crippen molar-refractivity contribution in [1.82, 2.24) is 4.90 Å². The van der Waals surface area contributed by atoms with Crippen LogP contribution >= 0.6 is 0 Å². The predicted octanol–water partition coefficient (Wildman–Crippen LogP) is 0.990. The number of benzene rings is 1. The molecule has 2 bridgehead atoms. The van der Waals surface area contributed by atoms with Gasteiger partial charge in [0.05, 0.1) is 12.7 Å². The van der Waals surface area contributed by atoms with E-state index in [1.54, 1.807) is 6.07 Å². The third-order valence-electron chi connectivity index (χ3n) is 6.65. The zero-order valence-corrected chi connectivity index (χ0v) is 15.3. The fraction of sp³-hybridized carbons (Fsp3) is 0.650. The second-order valence-electron chi connectivity index (χ2n) is 8.13. The van der Waals surface area contributed by atoms with E-state index in [2.05, 4.69) is 11.9 Å². The summed E-state index contributed by atoms with van der Waals surface area (Å²) >= 11 is 0. The van der Waals surface area contributed by atoms with Crippen LogP contribution in [0.4, 0.5) is 0 Å². The average Bonchev–Trinajstić information content (AvgIpc) is 2.98. The molecule has 2 fully saturated rings. The Bertz CT molecular complexity index is 733. The highest BCUT2D eigenvalue weighted by Crippen LogP contribution is 2.62. The summed E-state index contributed by atoms with van der Waals surface area (Å²) in [5.41, 5.74) is 2.26. The van der Waals surface area contributed by atoms with E-state index < -0.39 is 6.10 Å². The van der Waals surface area contributed by atoms with Gasteiger partial charge in [-0.15, -0.1) is 0 Å². The first-order valence-corrected chi connectivity index (χ1v) is 9.44. The summed E-state index contributed by atoms with van der Waals surface area (Å²) in [5.74, 6) is 1.50. The molecule has 1 aromatic rings. The van der Waals surface area contributed by atoms with E-state index in [4.69, 9.17) is 14.9 Å². The van der Waals surface area contributed by atoms with E-state index >= 15 is 0 Å². The van der Waals surface area contributed by atoms with E-state index in [0.717, 1.165) is 31.4 Å². The van der Waals surface area contributed by atoms with Gasteiger partial charge in [0.1, 0.15) is 0 Å². The molecule has 6 nitrogen and oxygen atoms in total. The lowest BCUT2D eigenvalue weighted by Crippen LogP contribution is -2.65. The molecular weight excluding hydrogens is 334 g/mol. The van der Waals surface area contributed by atoms with Crippen LogP contribution in [0.3, 0.4) is 0 Å². The molecule has 5 rings (SSSR count). The summed E-state index contributed by atoms with van der Waals surface area (Å²) in [6, 6.07) is 4.26. The Hall–Kier alpha value is -1.63. The van der Waals surface area contributed by atoms with E-state index in [9.17, 15) is 9.90 Å². The molecule has 1 spiro atoms. The molecule has 5 atom stereocenters. The Morgan fingerprint density at radius 1 is 1.42 bits per heavy atom. The minimum atomic E-state index is -0.560. The maximum Gasteiger partial charge on any atom is 0.174 e. The predicted molar refractivity (Wildman–Crippen MR) is 95.4 cm³/mol. The number of carbonyl (C=O) groups excluding carboxylic acids is 1. The smallest absolute Gasteiger partial charge is 0.174 e. The summed E-state index contributed by atoms with van der Waals surface area (Å²) in [6.07, 6.45) is 2.62. The second kappa shape index (κ2) is 6.22. The molecular formula is C20H27NO5. The highest BCUT2D eigenvalue weighted by molar-refractivity contribution is 5.89. The number of phenols is 1. The number of likely N-dealkylation sites (N-methyl/N-ethyl adjacent to an activating group) is 1. The fourth-order valence-electron chi connectivity index (χ4n) is 5.52. The third-order valence-corrected chi connectivity index (χ3v) is 6.65. The number of nitrogens with zero attached hydrogens (tertiary/aromatic N) is 1. The van der Waals surface area contributed by atoms with Gasteiger partial charge >= 0.3 is 0 Å². The second-order valence-corrected chi connectivity index (χ2v) is 8.13. The van der Waals surface area contributed by atoms with Gasteiger partial charge in [0, 0.05) is 23.4 Å². The Morgan fingerprint density at radius 2 is 2.15 bits per heavy atom. The Labute approximate surface area is 153 Å². The number of ketones is 1. The average molecular weight is 361 g/mol. The number of aliphatic hydroxyl groups excluding tert-OH is 2. The van der Waals surface area contributed by atoms with Crippen LogP contribution < -0.4 is 4.74 Å². The van der Waals surface area contributed by atoms with Crippen molar-refractivity contribution in [3.63, 3.8) is 0 Å². The van der Waals surface area contributed by atoms with Crippen LogP contribution in [-0.2, 0) is 16.6 Å². The van der Waals surface area contributed by atoms with Gasteiger partial charge in [0.25, 0.3) is 0 Å². The van der Waals surface area contributed by atoms with Crippen LogP contribution in [0.25, 0.3) is 0 Å². The van der Waals surface area contributed by atoms with Crippen LogP contribution in [0.15, 0.2) is 12.1 Å². The molecule has 2 heterocycles. The molecule has 1 saturated heterocycles. The van der Waals surface area contributed by atoms with Gasteiger partial charge in [0.15, 0.2) is 23.4 Å². The maximum atomic E-state index is 12.5. The van der Waals surface area contributed by atoms with Gasteiger partial charge in [-0.05, 0) is 57.3 Å². The molecule has 0 amide bonds. The number of ether oxygens (including phenoxy) is 1. The van der Waals surface area contributed by atoms with Gasteiger partial charge < -0.3 is 25.0 Å². The monoisotopic (exact) mass is 361 g/mol. The van der Waals surface area contributed by atoms with Crippen molar-refractivity contribution in [2.24, 2.45) is 5.92 Å². The van der Waals surface area contributed by atoms with Gasteiger partial charge in [-0.25, -0.2) is 0 Å². The summed E-state index contributed by atoms with van der Waals surface area (Å²) in [5, 5.41) is 26.2. The number of aliphatic hydroxyl groups is 2. The van der Waals surface area contributed by atoms with Crippen molar-refractivity contribution in [2.75, 3.05) is 20.2 Å². The van der Waals surface area contributed by atoms with Crippen molar-refractivity contribution < 1.29 is 24.9 Å². The van der Waals surface area contributed by atoms with Crippen LogP contribution in [0, 0.1) is 5.92 Å². The number of likely N-dealkylation sites (tertiary alicyclic amines) is 1. The first-order valence-electron chi connectivity index (χ1n) is 9.44. The lowest BCUT2D eigenvalue weighted by atomic mass is 9.52. The van der Waals surface area contributed by atoms with E-state index in [1.165, 1.54) is 12.5 Å².